The molecule has 0 aromatic heterocycles. The second-order valence-electron chi connectivity index (χ2n) is 9.30. The highest BCUT2D eigenvalue weighted by molar-refractivity contribution is 6.58. The number of aromatic hydroxyl groups is 1. The molecular formula is C24H26BNO8. The minimum atomic E-state index is -1.74. The van der Waals surface area contributed by atoms with Crippen LogP contribution < -0.4 is 10.4 Å². The Morgan fingerprint density at radius 1 is 1.12 bits per heavy atom. The fourth-order valence-electron chi connectivity index (χ4n) is 5.89. The zero-order valence-electron chi connectivity index (χ0n) is 18.6. The lowest BCUT2D eigenvalue weighted by atomic mass is 9.64. The third-order valence-electron chi connectivity index (χ3n) is 7.40. The summed E-state index contributed by atoms with van der Waals surface area (Å²) in [7, 11) is -0.233. The van der Waals surface area contributed by atoms with Gasteiger partial charge in [-0.1, -0.05) is 24.3 Å². The standard InChI is InChI=1S/C24H26BNO8/c1-33-12-14-9-18-21(19-11-20(34-24(14,19)30)13-4-2-7-17(27)8-13)23(29)26(22(18)28)16-6-3-5-15(10-16)25(31)32/h2-8,10,14,18-21,27,30-32H,9,11-12H2,1H3/t14-,18+,19+,20+,21+,24-/m1/s1. The molecule has 34 heavy (non-hydrogen) atoms. The van der Waals surface area contributed by atoms with Gasteiger partial charge in [-0.05, 0) is 48.1 Å². The van der Waals surface area contributed by atoms with E-state index in [0.717, 1.165) is 4.90 Å². The van der Waals surface area contributed by atoms with Crippen molar-refractivity contribution in [3.63, 3.8) is 0 Å². The van der Waals surface area contributed by atoms with E-state index in [-0.39, 0.29) is 35.8 Å². The van der Waals surface area contributed by atoms with Crippen molar-refractivity contribution in [3.05, 3.63) is 54.1 Å². The number of methoxy groups -OCH3 is 1. The Morgan fingerprint density at radius 2 is 1.88 bits per heavy atom. The normalized spacial score (nSPS) is 32.6. The smallest absolute Gasteiger partial charge is 0.488 e. The topological polar surface area (TPSA) is 137 Å². The van der Waals surface area contributed by atoms with Gasteiger partial charge in [0.2, 0.25) is 11.8 Å². The lowest BCUT2D eigenvalue weighted by Crippen LogP contribution is -2.54. The van der Waals surface area contributed by atoms with Gasteiger partial charge in [0.1, 0.15) is 5.75 Å². The minimum Gasteiger partial charge on any atom is -0.508 e. The molecule has 6 atom stereocenters. The molecule has 0 bridgehead atoms. The van der Waals surface area contributed by atoms with Gasteiger partial charge < -0.3 is 29.7 Å². The Balaban J connectivity index is 1.52. The van der Waals surface area contributed by atoms with Gasteiger partial charge in [-0.3, -0.25) is 14.5 Å². The van der Waals surface area contributed by atoms with Crippen molar-refractivity contribution in [2.75, 3.05) is 18.6 Å². The van der Waals surface area contributed by atoms with E-state index in [4.69, 9.17) is 9.47 Å². The highest BCUT2D eigenvalue weighted by Crippen LogP contribution is 2.58. The molecule has 10 heteroatoms. The Labute approximate surface area is 196 Å². The predicted molar refractivity (Wildman–Crippen MR) is 121 cm³/mol. The van der Waals surface area contributed by atoms with Gasteiger partial charge in [0.25, 0.3) is 0 Å². The molecule has 5 rings (SSSR count). The second-order valence-corrected chi connectivity index (χ2v) is 9.30. The number of hydrogen-bond acceptors (Lipinski definition) is 8. The predicted octanol–water partition coefficient (Wildman–Crippen LogP) is 0.310. The van der Waals surface area contributed by atoms with E-state index in [2.05, 4.69) is 0 Å². The lowest BCUT2D eigenvalue weighted by molar-refractivity contribution is -0.275. The van der Waals surface area contributed by atoms with E-state index in [1.807, 2.05) is 0 Å². The molecule has 0 unspecified atom stereocenters. The van der Waals surface area contributed by atoms with E-state index in [0.29, 0.717) is 12.0 Å². The maximum absolute atomic E-state index is 13.6. The summed E-state index contributed by atoms with van der Waals surface area (Å²) in [6.07, 6.45) is -0.0596. The number of nitrogens with zero attached hydrogens (tertiary/aromatic N) is 1. The number of anilines is 1. The van der Waals surface area contributed by atoms with E-state index in [1.165, 1.54) is 19.2 Å². The summed E-state index contributed by atoms with van der Waals surface area (Å²) < 4.78 is 11.5. The first kappa shape index (κ1) is 23.0. The van der Waals surface area contributed by atoms with Crippen LogP contribution in [0.15, 0.2) is 48.5 Å². The molecule has 2 aliphatic heterocycles. The molecule has 9 nitrogen and oxygen atoms in total. The van der Waals surface area contributed by atoms with Crippen LogP contribution in [0.4, 0.5) is 5.69 Å². The molecule has 3 aliphatic rings. The van der Waals surface area contributed by atoms with E-state index < -0.39 is 48.6 Å². The summed E-state index contributed by atoms with van der Waals surface area (Å²) in [5.74, 6) is -5.09. The van der Waals surface area contributed by atoms with Crippen LogP contribution in [0.2, 0.25) is 0 Å². The first-order chi connectivity index (χ1) is 16.2. The van der Waals surface area contributed by atoms with Gasteiger partial charge in [-0.2, -0.15) is 0 Å². The summed E-state index contributed by atoms with van der Waals surface area (Å²) in [5, 5.41) is 40.7. The molecule has 2 aromatic rings. The Kier molecular flexibility index (Phi) is 5.74. The molecule has 0 spiro atoms. The Morgan fingerprint density at radius 3 is 2.59 bits per heavy atom. The molecule has 1 aliphatic carbocycles. The van der Waals surface area contributed by atoms with Crippen LogP contribution in [0.1, 0.15) is 24.5 Å². The largest absolute Gasteiger partial charge is 0.508 e. The third kappa shape index (κ3) is 3.53. The van der Waals surface area contributed by atoms with Gasteiger partial charge in [-0.25, -0.2) is 0 Å². The van der Waals surface area contributed by atoms with Crippen LogP contribution in [0.3, 0.4) is 0 Å². The van der Waals surface area contributed by atoms with Crippen molar-refractivity contribution < 1.29 is 39.3 Å². The summed E-state index contributed by atoms with van der Waals surface area (Å²) in [6, 6.07) is 12.6. The van der Waals surface area contributed by atoms with Crippen LogP contribution in [-0.4, -0.2) is 58.7 Å². The van der Waals surface area contributed by atoms with Gasteiger partial charge in [0.05, 0.1) is 30.2 Å². The van der Waals surface area contributed by atoms with Crippen LogP contribution in [0.5, 0.6) is 5.75 Å². The highest BCUT2D eigenvalue weighted by atomic mass is 16.6. The first-order valence-electron chi connectivity index (χ1n) is 11.3. The monoisotopic (exact) mass is 467 g/mol. The molecule has 2 heterocycles. The number of hydrogen-bond donors (Lipinski definition) is 4. The second kappa shape index (κ2) is 8.48. The summed E-state index contributed by atoms with van der Waals surface area (Å²) >= 11 is 0. The number of ether oxygens (including phenoxy) is 2. The number of phenolic OH excluding ortho intramolecular Hbond substituents is 1. The molecule has 0 radical (unpaired) electrons. The van der Waals surface area contributed by atoms with Crippen molar-refractivity contribution in [2.24, 2.45) is 23.7 Å². The summed E-state index contributed by atoms with van der Waals surface area (Å²) in [6.45, 7) is 0.149. The van der Waals surface area contributed by atoms with Crippen molar-refractivity contribution >= 4 is 30.1 Å². The maximum atomic E-state index is 13.6. The third-order valence-corrected chi connectivity index (χ3v) is 7.40. The number of amides is 2. The molecule has 178 valence electrons. The van der Waals surface area contributed by atoms with Crippen molar-refractivity contribution in [3.8, 4) is 5.75 Å². The number of carbonyl (C=O) groups is 2. The molecule has 4 N–H and O–H groups in total. The molecule has 2 amide bonds. The zero-order chi connectivity index (χ0) is 24.2. The molecule has 1 saturated carbocycles. The number of imide groups is 1. The number of phenols is 1. The molecule has 3 fully saturated rings. The molecular weight excluding hydrogens is 441 g/mol. The molecule has 2 saturated heterocycles. The summed E-state index contributed by atoms with van der Waals surface area (Å²) in [4.78, 5) is 28.2. The van der Waals surface area contributed by atoms with E-state index in [9.17, 15) is 29.9 Å². The number of benzene rings is 2. The number of rotatable bonds is 5. The van der Waals surface area contributed by atoms with Gasteiger partial charge in [0.15, 0.2) is 5.79 Å². The lowest BCUT2D eigenvalue weighted by Gasteiger charge is -2.44. The Hall–Kier alpha value is -2.76. The van der Waals surface area contributed by atoms with E-state index >= 15 is 0 Å². The van der Waals surface area contributed by atoms with Crippen molar-refractivity contribution in [1.29, 1.82) is 0 Å². The SMILES string of the molecule is COC[C@H]1C[C@@H]2C(=O)N(c3cccc(B(O)O)c3)C(=O)[C@@H]2[C@@H]2C[C@@H](c3cccc(O)c3)O[C@]12O. The average Bonchev–Trinajstić information content (AvgIpc) is 3.29. The van der Waals surface area contributed by atoms with Crippen LogP contribution in [-0.2, 0) is 19.1 Å². The first-order valence-corrected chi connectivity index (χ1v) is 11.3. The van der Waals surface area contributed by atoms with Crippen molar-refractivity contribution in [2.45, 2.75) is 24.7 Å². The van der Waals surface area contributed by atoms with Gasteiger partial charge in [0, 0.05) is 18.9 Å². The van der Waals surface area contributed by atoms with Crippen LogP contribution in [0, 0.1) is 23.7 Å². The van der Waals surface area contributed by atoms with Gasteiger partial charge >= 0.3 is 7.12 Å². The quantitative estimate of drug-likeness (QED) is 0.365. The minimum absolute atomic E-state index is 0.0681. The average molecular weight is 467 g/mol. The van der Waals surface area contributed by atoms with E-state index in [1.54, 1.807) is 36.4 Å². The fraction of sp³-hybridized carbons (Fsp3) is 0.417. The van der Waals surface area contributed by atoms with Gasteiger partial charge in [-0.15, -0.1) is 0 Å². The van der Waals surface area contributed by atoms with Crippen LogP contribution in [0.25, 0.3) is 0 Å². The fourth-order valence-corrected chi connectivity index (χ4v) is 5.89. The Bertz CT molecular complexity index is 1130. The summed E-state index contributed by atoms with van der Waals surface area (Å²) in [5.41, 5.74) is 1.09. The van der Waals surface area contributed by atoms with Crippen molar-refractivity contribution in [1.82, 2.24) is 0 Å². The highest BCUT2D eigenvalue weighted by Gasteiger charge is 2.66. The van der Waals surface area contributed by atoms with Crippen LogP contribution >= 0.6 is 0 Å². The number of fused-ring (bicyclic) bond motifs is 3. The number of aliphatic hydroxyl groups is 1. The molecule has 2 aromatic carbocycles. The maximum Gasteiger partial charge on any atom is 0.488 e. The number of carbonyl (C=O) groups excluding carboxylic acids is 2. The zero-order valence-corrected chi connectivity index (χ0v) is 18.6.